The predicted molar refractivity (Wildman–Crippen MR) is 88.7 cm³/mol. The average molecular weight is 356 g/mol. The number of aliphatic imine (C=N–C) groups is 1. The van der Waals surface area contributed by atoms with Crippen molar-refractivity contribution in [3.05, 3.63) is 35.6 Å². The lowest BCUT2D eigenvalue weighted by Crippen LogP contribution is -2.39. The van der Waals surface area contributed by atoms with Gasteiger partial charge in [0.15, 0.2) is 15.0 Å². The van der Waals surface area contributed by atoms with E-state index in [1.807, 2.05) is 4.90 Å². The Bertz CT molecular complexity index is 746. The van der Waals surface area contributed by atoms with Crippen molar-refractivity contribution >= 4 is 32.7 Å². The molecule has 8 heteroatoms. The number of benzene rings is 1. The molecule has 0 aromatic heterocycles. The molecule has 0 unspecified atom stereocenters. The van der Waals surface area contributed by atoms with E-state index in [1.54, 1.807) is 12.1 Å². The number of sulfone groups is 1. The van der Waals surface area contributed by atoms with Crippen molar-refractivity contribution in [2.24, 2.45) is 4.99 Å². The molecule has 0 bridgehead atoms. The minimum atomic E-state index is -3.03. The number of fused-ring (bicyclic) bond motifs is 1. The molecule has 0 N–H and O–H groups in total. The Labute approximate surface area is 138 Å². The average Bonchev–Trinajstić information content (AvgIpc) is 2.89. The van der Waals surface area contributed by atoms with Crippen LogP contribution in [-0.2, 0) is 21.1 Å². The van der Waals surface area contributed by atoms with Gasteiger partial charge in [0, 0.05) is 18.7 Å². The Hall–Kier alpha value is -1.41. The minimum Gasteiger partial charge on any atom is -0.346 e. The Balaban J connectivity index is 1.77. The lowest BCUT2D eigenvalue weighted by molar-refractivity contribution is -0.115. The normalized spacial score (nSPS) is 27.4. The third-order valence-electron chi connectivity index (χ3n) is 3.98. The molecule has 23 heavy (non-hydrogen) atoms. The molecule has 2 aliphatic rings. The van der Waals surface area contributed by atoms with Crippen molar-refractivity contribution in [2.75, 3.05) is 18.1 Å². The fourth-order valence-corrected chi connectivity index (χ4v) is 6.95. The van der Waals surface area contributed by atoms with Crippen LogP contribution in [0.5, 0.6) is 0 Å². The van der Waals surface area contributed by atoms with E-state index >= 15 is 0 Å². The third kappa shape index (κ3) is 3.74. The summed E-state index contributed by atoms with van der Waals surface area (Å²) in [6.07, 6.45) is 0.640. The Morgan fingerprint density at radius 2 is 2.04 bits per heavy atom. The predicted octanol–water partition coefficient (Wildman–Crippen LogP) is 1.49. The summed E-state index contributed by atoms with van der Waals surface area (Å²) in [5.41, 5.74) is 0.961. The number of nitrogens with zero attached hydrogens (tertiary/aromatic N) is 2. The lowest BCUT2D eigenvalue weighted by Gasteiger charge is -2.24. The zero-order chi connectivity index (χ0) is 16.6. The molecule has 1 aromatic rings. The van der Waals surface area contributed by atoms with Gasteiger partial charge in [-0.05, 0) is 24.1 Å². The van der Waals surface area contributed by atoms with Gasteiger partial charge in [-0.1, -0.05) is 23.9 Å². The molecule has 2 saturated heterocycles. The van der Waals surface area contributed by atoms with Crippen LogP contribution in [0.4, 0.5) is 4.39 Å². The molecule has 2 fully saturated rings. The third-order valence-corrected chi connectivity index (χ3v) is 7.23. The van der Waals surface area contributed by atoms with Crippen molar-refractivity contribution in [3.63, 3.8) is 0 Å². The van der Waals surface area contributed by atoms with E-state index in [9.17, 15) is 17.6 Å². The smallest absolute Gasteiger partial charge is 0.244 e. The van der Waals surface area contributed by atoms with Gasteiger partial charge < -0.3 is 4.90 Å². The monoisotopic (exact) mass is 356 g/mol. The van der Waals surface area contributed by atoms with E-state index in [2.05, 4.69) is 4.99 Å². The number of carbonyl (C=O) groups is 1. The van der Waals surface area contributed by atoms with Gasteiger partial charge in [0.25, 0.3) is 0 Å². The number of amides is 1. The first-order chi connectivity index (χ1) is 10.8. The van der Waals surface area contributed by atoms with Crippen LogP contribution in [0, 0.1) is 5.82 Å². The van der Waals surface area contributed by atoms with Crippen molar-refractivity contribution < 1.29 is 17.6 Å². The summed E-state index contributed by atoms with van der Waals surface area (Å²) in [6, 6.07) is 6.10. The van der Waals surface area contributed by atoms with E-state index < -0.39 is 9.84 Å². The molecule has 0 spiro atoms. The van der Waals surface area contributed by atoms with Gasteiger partial charge >= 0.3 is 0 Å². The van der Waals surface area contributed by atoms with Crippen LogP contribution < -0.4 is 0 Å². The topological polar surface area (TPSA) is 66.8 Å². The van der Waals surface area contributed by atoms with E-state index in [0.29, 0.717) is 18.1 Å². The highest BCUT2D eigenvalue weighted by atomic mass is 32.2. The van der Waals surface area contributed by atoms with Gasteiger partial charge in [0.2, 0.25) is 5.91 Å². The highest BCUT2D eigenvalue weighted by Crippen LogP contribution is 2.38. The number of carbonyl (C=O) groups excluding carboxylic acids is 1. The maximum atomic E-state index is 13.0. The number of amidine groups is 1. The van der Waals surface area contributed by atoms with Crippen LogP contribution in [0.25, 0.3) is 0 Å². The van der Waals surface area contributed by atoms with Crippen LogP contribution in [0.2, 0.25) is 0 Å². The van der Waals surface area contributed by atoms with Crippen molar-refractivity contribution in [2.45, 2.75) is 24.6 Å². The lowest BCUT2D eigenvalue weighted by atomic mass is 10.1. The highest BCUT2D eigenvalue weighted by Gasteiger charge is 2.48. The van der Waals surface area contributed by atoms with Crippen molar-refractivity contribution in [3.8, 4) is 0 Å². The summed E-state index contributed by atoms with van der Waals surface area (Å²) < 4.78 is 36.6. The van der Waals surface area contributed by atoms with Crippen molar-refractivity contribution in [1.82, 2.24) is 4.90 Å². The summed E-state index contributed by atoms with van der Waals surface area (Å²) >= 11 is 1.37. The van der Waals surface area contributed by atoms with Crippen LogP contribution in [0.3, 0.4) is 0 Å². The summed E-state index contributed by atoms with van der Waals surface area (Å²) in [6.45, 7) is 1.94. The second kappa shape index (κ2) is 6.24. The van der Waals surface area contributed by atoms with Gasteiger partial charge in [-0.25, -0.2) is 12.8 Å². The van der Waals surface area contributed by atoms with Gasteiger partial charge in [-0.15, -0.1) is 0 Å². The molecule has 2 heterocycles. The maximum absolute atomic E-state index is 13.0. The van der Waals surface area contributed by atoms with E-state index in [4.69, 9.17) is 0 Å². The Kier molecular flexibility index (Phi) is 4.46. The number of hydrogen-bond donors (Lipinski definition) is 0. The molecule has 2 atom stereocenters. The number of thioether (sulfide) groups is 1. The summed E-state index contributed by atoms with van der Waals surface area (Å²) in [7, 11) is -3.03. The molecule has 1 amide bonds. The molecular formula is C15H17FN2O3S2. The first kappa shape index (κ1) is 16.4. The first-order valence-electron chi connectivity index (χ1n) is 7.31. The standard InChI is InChI=1S/C15H17FN2O3S2/c1-10(19)17-15-18(7-6-11-2-4-12(16)5-3-11)13-8-23(20,21)9-14(13)22-15/h2-5,13-14H,6-9H2,1H3/t13-,14+/m1/s1. The fourth-order valence-electron chi connectivity index (χ4n) is 2.93. The molecule has 0 radical (unpaired) electrons. The first-order valence-corrected chi connectivity index (χ1v) is 10.0. The van der Waals surface area contributed by atoms with Gasteiger partial charge in [-0.3, -0.25) is 4.79 Å². The van der Waals surface area contributed by atoms with Crippen LogP contribution in [-0.4, -0.2) is 53.7 Å². The second-order valence-corrected chi connectivity index (χ2v) is 9.14. The molecule has 2 aliphatic heterocycles. The molecular weight excluding hydrogens is 339 g/mol. The van der Waals surface area contributed by atoms with E-state index in [-0.39, 0.29) is 34.5 Å². The van der Waals surface area contributed by atoms with Crippen LogP contribution in [0.1, 0.15) is 12.5 Å². The number of halogens is 1. The van der Waals surface area contributed by atoms with E-state index in [1.165, 1.54) is 30.8 Å². The highest BCUT2D eigenvalue weighted by molar-refractivity contribution is 8.15. The summed E-state index contributed by atoms with van der Waals surface area (Å²) in [5, 5.41) is 0.538. The van der Waals surface area contributed by atoms with Gasteiger partial charge in [0.1, 0.15) is 5.82 Å². The molecule has 124 valence electrons. The minimum absolute atomic E-state index is 0.0636. The van der Waals surface area contributed by atoms with Crippen LogP contribution in [0.15, 0.2) is 29.3 Å². The van der Waals surface area contributed by atoms with E-state index in [0.717, 1.165) is 5.56 Å². The second-order valence-electron chi connectivity index (χ2n) is 5.78. The number of rotatable bonds is 3. The SMILES string of the molecule is CC(=O)N=C1S[C@H]2CS(=O)(=O)C[C@H]2N1CCc1ccc(F)cc1. The Morgan fingerprint density at radius 1 is 1.35 bits per heavy atom. The van der Waals surface area contributed by atoms with Crippen LogP contribution >= 0.6 is 11.8 Å². The summed E-state index contributed by atoms with van der Waals surface area (Å²) in [4.78, 5) is 17.3. The Morgan fingerprint density at radius 3 is 2.70 bits per heavy atom. The molecule has 0 saturated carbocycles. The largest absolute Gasteiger partial charge is 0.346 e. The zero-order valence-corrected chi connectivity index (χ0v) is 14.2. The quantitative estimate of drug-likeness (QED) is 0.821. The van der Waals surface area contributed by atoms with Gasteiger partial charge in [-0.2, -0.15) is 4.99 Å². The zero-order valence-electron chi connectivity index (χ0n) is 12.6. The van der Waals surface area contributed by atoms with Crippen molar-refractivity contribution in [1.29, 1.82) is 0 Å². The fraction of sp³-hybridized carbons (Fsp3) is 0.467. The molecule has 5 nitrogen and oxygen atoms in total. The number of hydrogen-bond acceptors (Lipinski definition) is 4. The molecule has 3 rings (SSSR count). The molecule has 1 aromatic carbocycles. The molecule has 0 aliphatic carbocycles. The van der Waals surface area contributed by atoms with Gasteiger partial charge in [0.05, 0.1) is 17.5 Å². The maximum Gasteiger partial charge on any atom is 0.244 e. The summed E-state index contributed by atoms with van der Waals surface area (Å²) in [5.74, 6) is -0.342.